The molecule has 8 heteroatoms. The first-order valence-electron chi connectivity index (χ1n) is 10.2. The van der Waals surface area contributed by atoms with Crippen molar-refractivity contribution < 1.29 is 23.8 Å². The Labute approximate surface area is 177 Å². The maximum Gasteiger partial charge on any atom is 0.258 e. The fraction of sp³-hybridized carbons (Fsp3) is 0.591. The molecule has 1 aromatic rings. The molecule has 162 valence electrons. The highest BCUT2D eigenvalue weighted by Gasteiger charge is 2.35. The highest BCUT2D eigenvalue weighted by molar-refractivity contribution is 5.99. The Hall–Kier alpha value is -2.63. The van der Waals surface area contributed by atoms with Crippen molar-refractivity contribution in [2.75, 3.05) is 34.4 Å². The van der Waals surface area contributed by atoms with Gasteiger partial charge in [0.25, 0.3) is 5.91 Å². The van der Waals surface area contributed by atoms with Gasteiger partial charge in [0.15, 0.2) is 0 Å². The number of hydrogen-bond acceptors (Lipinski definition) is 6. The van der Waals surface area contributed by atoms with Gasteiger partial charge in [-0.1, -0.05) is 0 Å². The second kappa shape index (κ2) is 9.45. The van der Waals surface area contributed by atoms with Gasteiger partial charge in [0.1, 0.15) is 17.9 Å². The van der Waals surface area contributed by atoms with Gasteiger partial charge in [0.2, 0.25) is 5.91 Å². The number of nitriles is 1. The summed E-state index contributed by atoms with van der Waals surface area (Å²) in [7, 11) is 4.96. The topological polar surface area (TPSA) is 92.1 Å². The molecular weight excluding hydrogens is 386 g/mol. The zero-order valence-electron chi connectivity index (χ0n) is 18.0. The van der Waals surface area contributed by atoms with Gasteiger partial charge >= 0.3 is 0 Å². The largest absolute Gasteiger partial charge is 0.493 e. The molecule has 0 aromatic heterocycles. The summed E-state index contributed by atoms with van der Waals surface area (Å²) in [5.74, 6) is -0.153. The smallest absolute Gasteiger partial charge is 0.258 e. The highest BCUT2D eigenvalue weighted by Crippen LogP contribution is 2.27. The summed E-state index contributed by atoms with van der Waals surface area (Å²) >= 11 is 0. The van der Waals surface area contributed by atoms with Crippen LogP contribution in [0.15, 0.2) is 18.2 Å². The predicted octanol–water partition coefficient (Wildman–Crippen LogP) is 1.82. The van der Waals surface area contributed by atoms with E-state index in [1.54, 1.807) is 45.2 Å². The maximum atomic E-state index is 13.2. The number of methoxy groups -OCH3 is 1. The van der Waals surface area contributed by atoms with E-state index in [-0.39, 0.29) is 35.7 Å². The Morgan fingerprint density at radius 2 is 1.97 bits per heavy atom. The first-order valence-corrected chi connectivity index (χ1v) is 10.2. The molecule has 0 N–H and O–H groups in total. The van der Waals surface area contributed by atoms with E-state index in [1.165, 1.54) is 11.0 Å². The third-order valence-corrected chi connectivity index (χ3v) is 5.98. The van der Waals surface area contributed by atoms with Crippen LogP contribution in [0.2, 0.25) is 0 Å². The first kappa shape index (κ1) is 22.1. The SMILES string of the molecule is CO[C@H]1CC[C@@H]2CCOc3ccc(C#N)cc3C(=O)N(C)[C@@H](C)C(=O)N(C)C[C@@H]1O2. The minimum Gasteiger partial charge on any atom is -0.493 e. The molecule has 0 spiro atoms. The number of ether oxygens (including phenoxy) is 3. The van der Waals surface area contributed by atoms with E-state index >= 15 is 0 Å². The van der Waals surface area contributed by atoms with Crippen molar-refractivity contribution in [2.45, 2.75) is 50.5 Å². The zero-order valence-corrected chi connectivity index (χ0v) is 18.0. The summed E-state index contributed by atoms with van der Waals surface area (Å²) in [6, 6.07) is 6.12. The number of amides is 2. The highest BCUT2D eigenvalue weighted by atomic mass is 16.5. The van der Waals surface area contributed by atoms with Crippen LogP contribution in [-0.2, 0) is 14.3 Å². The quantitative estimate of drug-likeness (QED) is 0.695. The average Bonchev–Trinajstić information content (AvgIpc) is 2.76. The molecule has 1 saturated heterocycles. The van der Waals surface area contributed by atoms with Crippen molar-refractivity contribution >= 4 is 11.8 Å². The van der Waals surface area contributed by atoms with Gasteiger partial charge in [-0.3, -0.25) is 9.59 Å². The van der Waals surface area contributed by atoms with Gasteiger partial charge in [-0.05, 0) is 38.0 Å². The summed E-state index contributed by atoms with van der Waals surface area (Å²) in [5.41, 5.74) is 0.637. The van der Waals surface area contributed by atoms with Crippen molar-refractivity contribution in [3.05, 3.63) is 29.3 Å². The molecule has 0 unspecified atom stereocenters. The molecule has 2 aliphatic heterocycles. The molecule has 0 radical (unpaired) electrons. The van der Waals surface area contributed by atoms with Crippen molar-refractivity contribution in [3.63, 3.8) is 0 Å². The summed E-state index contributed by atoms with van der Waals surface area (Å²) in [4.78, 5) is 29.1. The number of carbonyl (C=O) groups excluding carboxylic acids is 2. The molecule has 8 nitrogen and oxygen atoms in total. The Morgan fingerprint density at radius 1 is 1.20 bits per heavy atom. The predicted molar refractivity (Wildman–Crippen MR) is 109 cm³/mol. The van der Waals surface area contributed by atoms with E-state index in [9.17, 15) is 14.9 Å². The fourth-order valence-corrected chi connectivity index (χ4v) is 3.98. The Balaban J connectivity index is 1.94. The van der Waals surface area contributed by atoms with Gasteiger partial charge in [-0.25, -0.2) is 0 Å². The Morgan fingerprint density at radius 3 is 2.67 bits per heavy atom. The molecule has 0 aliphatic carbocycles. The van der Waals surface area contributed by atoms with E-state index < -0.39 is 6.04 Å². The van der Waals surface area contributed by atoms with Crippen molar-refractivity contribution in [2.24, 2.45) is 0 Å². The molecule has 3 rings (SSSR count). The number of nitrogens with zero attached hydrogens (tertiary/aromatic N) is 3. The number of carbonyl (C=O) groups is 2. The van der Waals surface area contributed by atoms with Crippen molar-refractivity contribution in [3.8, 4) is 11.8 Å². The first-order chi connectivity index (χ1) is 14.3. The van der Waals surface area contributed by atoms with Gasteiger partial charge in [-0.15, -0.1) is 0 Å². The molecule has 30 heavy (non-hydrogen) atoms. The van der Waals surface area contributed by atoms with Crippen LogP contribution >= 0.6 is 0 Å². The summed E-state index contributed by atoms with van der Waals surface area (Å²) < 4.78 is 17.7. The van der Waals surface area contributed by atoms with E-state index in [2.05, 4.69) is 0 Å². The van der Waals surface area contributed by atoms with E-state index in [4.69, 9.17) is 14.2 Å². The second-order valence-corrected chi connectivity index (χ2v) is 7.92. The van der Waals surface area contributed by atoms with Crippen LogP contribution in [-0.4, -0.2) is 80.3 Å². The maximum absolute atomic E-state index is 13.2. The third kappa shape index (κ3) is 4.58. The Kier molecular flexibility index (Phi) is 6.95. The molecule has 1 fully saturated rings. The van der Waals surface area contributed by atoms with Crippen molar-refractivity contribution in [1.82, 2.24) is 9.80 Å². The lowest BCUT2D eigenvalue weighted by Gasteiger charge is -2.39. The van der Waals surface area contributed by atoms with Gasteiger partial charge < -0.3 is 24.0 Å². The standard InChI is InChI=1S/C22H29N3O5/c1-14-21(26)24(2)13-20-19(28-4)8-6-16(30-20)9-10-29-18-7-5-15(12-23)11-17(18)22(27)25(14)3/h5,7,11,14,16,19-20H,6,8-10,13H2,1-4H3/t14-,16+,19-,20-/m0/s1. The molecule has 4 atom stereocenters. The lowest BCUT2D eigenvalue weighted by Crippen LogP contribution is -2.52. The summed E-state index contributed by atoms with van der Waals surface area (Å²) in [6.07, 6.45) is 2.03. The molecule has 2 aliphatic rings. The molecule has 2 amide bonds. The van der Waals surface area contributed by atoms with Crippen LogP contribution in [0.25, 0.3) is 0 Å². The number of benzene rings is 1. The summed E-state index contributed by atoms with van der Waals surface area (Å²) in [5, 5.41) is 9.23. The monoisotopic (exact) mass is 415 g/mol. The lowest BCUT2D eigenvalue weighted by molar-refractivity contribution is -0.152. The van der Waals surface area contributed by atoms with Crippen LogP contribution in [0.1, 0.15) is 42.1 Å². The average molecular weight is 415 g/mol. The van der Waals surface area contributed by atoms with Crippen LogP contribution in [0, 0.1) is 11.3 Å². The van der Waals surface area contributed by atoms with E-state index in [1.807, 2.05) is 6.07 Å². The normalized spacial score (nSPS) is 28.2. The number of hydrogen-bond donors (Lipinski definition) is 0. The van der Waals surface area contributed by atoms with Crippen LogP contribution < -0.4 is 4.74 Å². The van der Waals surface area contributed by atoms with Crippen LogP contribution in [0.3, 0.4) is 0 Å². The Bertz CT molecular complexity index is 837. The summed E-state index contributed by atoms with van der Waals surface area (Å²) in [6.45, 7) is 2.46. The number of fused-ring (bicyclic) bond motifs is 3. The molecule has 2 bridgehead atoms. The minimum absolute atomic E-state index is 0.00882. The van der Waals surface area contributed by atoms with Crippen LogP contribution in [0.4, 0.5) is 0 Å². The minimum atomic E-state index is -0.690. The number of likely N-dealkylation sites (N-methyl/N-ethyl adjacent to an activating group) is 2. The van der Waals surface area contributed by atoms with Gasteiger partial charge in [0, 0.05) is 34.2 Å². The molecule has 1 aromatic carbocycles. The number of rotatable bonds is 1. The molecule has 0 saturated carbocycles. The second-order valence-electron chi connectivity index (χ2n) is 7.92. The van der Waals surface area contributed by atoms with E-state index in [0.717, 1.165) is 12.8 Å². The molecule has 2 heterocycles. The van der Waals surface area contributed by atoms with Gasteiger partial charge in [0.05, 0.1) is 36.0 Å². The van der Waals surface area contributed by atoms with Gasteiger partial charge in [-0.2, -0.15) is 5.26 Å². The zero-order chi connectivity index (χ0) is 21.8. The molecular formula is C22H29N3O5. The third-order valence-electron chi connectivity index (χ3n) is 5.98. The lowest BCUT2D eigenvalue weighted by atomic mass is 9.98. The fourth-order valence-electron chi connectivity index (χ4n) is 3.98. The van der Waals surface area contributed by atoms with Crippen LogP contribution in [0.5, 0.6) is 5.75 Å². The van der Waals surface area contributed by atoms with Crippen molar-refractivity contribution in [1.29, 1.82) is 5.26 Å². The van der Waals surface area contributed by atoms with E-state index in [0.29, 0.717) is 30.9 Å².